The lowest BCUT2D eigenvalue weighted by Gasteiger charge is -2.12. The minimum Gasteiger partial charge on any atom is -0.454 e. The summed E-state index contributed by atoms with van der Waals surface area (Å²) >= 11 is 6.37. The van der Waals surface area contributed by atoms with Gasteiger partial charge in [-0.15, -0.1) is 0 Å². The number of nitrogens with zero attached hydrogens (tertiary/aromatic N) is 2. The Kier molecular flexibility index (Phi) is 3.97. The van der Waals surface area contributed by atoms with Crippen LogP contribution in [0.15, 0.2) is 36.4 Å². The number of nitrogens with one attached hydrogen (secondary N) is 1. The van der Waals surface area contributed by atoms with Gasteiger partial charge in [0.25, 0.3) is 0 Å². The standard InChI is InChI=1S/C21H20ClN3O2/c1-13-16(22)6-4-7-17(13)25-21-15(5-2-3-10-23-21)20(24-25)14-8-9-18-19(11-14)27-12-26-18/h4,6-9,11,23H,2-3,5,10,12H2,1H3. The fourth-order valence-electron chi connectivity index (χ4n) is 3.78. The molecule has 2 aliphatic heterocycles. The van der Waals surface area contributed by atoms with Crippen molar-refractivity contribution in [1.29, 1.82) is 0 Å². The number of hydrogen-bond acceptors (Lipinski definition) is 4. The van der Waals surface area contributed by atoms with Crippen LogP contribution in [0.4, 0.5) is 5.82 Å². The Labute approximate surface area is 162 Å². The Bertz CT molecular complexity index is 1030. The summed E-state index contributed by atoms with van der Waals surface area (Å²) < 4.78 is 13.0. The summed E-state index contributed by atoms with van der Waals surface area (Å²) in [5.41, 5.74) is 5.29. The molecule has 0 bridgehead atoms. The maximum atomic E-state index is 6.37. The van der Waals surface area contributed by atoms with Crippen molar-refractivity contribution in [3.8, 4) is 28.4 Å². The molecule has 0 saturated heterocycles. The van der Waals surface area contributed by atoms with E-state index in [1.807, 2.05) is 35.9 Å². The molecule has 1 aromatic heterocycles. The van der Waals surface area contributed by atoms with Crippen LogP contribution in [0.5, 0.6) is 11.5 Å². The third kappa shape index (κ3) is 2.73. The van der Waals surface area contributed by atoms with Crippen LogP contribution in [0, 0.1) is 6.92 Å². The van der Waals surface area contributed by atoms with Gasteiger partial charge in [0.15, 0.2) is 11.5 Å². The van der Waals surface area contributed by atoms with E-state index in [-0.39, 0.29) is 6.79 Å². The molecular weight excluding hydrogens is 362 g/mol. The molecular formula is C21H20ClN3O2. The molecule has 3 aromatic rings. The zero-order valence-electron chi connectivity index (χ0n) is 15.1. The van der Waals surface area contributed by atoms with Crippen molar-refractivity contribution in [2.45, 2.75) is 26.2 Å². The zero-order valence-corrected chi connectivity index (χ0v) is 15.8. The maximum Gasteiger partial charge on any atom is 0.231 e. The molecule has 0 fully saturated rings. The highest BCUT2D eigenvalue weighted by molar-refractivity contribution is 6.31. The SMILES string of the molecule is Cc1c(Cl)cccc1-n1nc(-c2ccc3c(c2)OCO3)c2c1NCCCC2. The molecule has 0 spiro atoms. The molecule has 27 heavy (non-hydrogen) atoms. The summed E-state index contributed by atoms with van der Waals surface area (Å²) in [5.74, 6) is 2.62. The molecule has 2 aliphatic rings. The summed E-state index contributed by atoms with van der Waals surface area (Å²) in [5, 5.41) is 9.33. The fourth-order valence-corrected chi connectivity index (χ4v) is 3.95. The average Bonchev–Trinajstić information content (AvgIpc) is 3.21. The number of benzene rings is 2. The van der Waals surface area contributed by atoms with Gasteiger partial charge in [0.2, 0.25) is 6.79 Å². The van der Waals surface area contributed by atoms with Crippen molar-refractivity contribution in [1.82, 2.24) is 9.78 Å². The number of ether oxygens (including phenoxy) is 2. The van der Waals surface area contributed by atoms with E-state index in [9.17, 15) is 0 Å². The molecule has 138 valence electrons. The van der Waals surface area contributed by atoms with Gasteiger partial charge >= 0.3 is 0 Å². The lowest BCUT2D eigenvalue weighted by atomic mass is 10.0. The number of anilines is 1. The van der Waals surface area contributed by atoms with E-state index >= 15 is 0 Å². The molecule has 0 radical (unpaired) electrons. The lowest BCUT2D eigenvalue weighted by molar-refractivity contribution is 0.174. The molecule has 1 N–H and O–H groups in total. The molecule has 5 rings (SSSR count). The lowest BCUT2D eigenvalue weighted by Crippen LogP contribution is -2.08. The summed E-state index contributed by atoms with van der Waals surface area (Å²) in [6, 6.07) is 12.0. The molecule has 0 aliphatic carbocycles. The third-order valence-corrected chi connectivity index (χ3v) is 5.65. The van der Waals surface area contributed by atoms with Gasteiger partial charge in [0.05, 0.1) is 11.4 Å². The van der Waals surface area contributed by atoms with Crippen LogP contribution in [0.1, 0.15) is 24.0 Å². The predicted molar refractivity (Wildman–Crippen MR) is 106 cm³/mol. The van der Waals surface area contributed by atoms with Gasteiger partial charge in [0.1, 0.15) is 5.82 Å². The van der Waals surface area contributed by atoms with Crippen LogP contribution < -0.4 is 14.8 Å². The molecule has 5 nitrogen and oxygen atoms in total. The minimum absolute atomic E-state index is 0.272. The first-order valence-corrected chi connectivity index (χ1v) is 9.61. The van der Waals surface area contributed by atoms with Crippen molar-refractivity contribution >= 4 is 17.4 Å². The molecule has 0 unspecified atom stereocenters. The van der Waals surface area contributed by atoms with E-state index < -0.39 is 0 Å². The summed E-state index contributed by atoms with van der Waals surface area (Å²) in [6.07, 6.45) is 3.27. The molecule has 6 heteroatoms. The van der Waals surface area contributed by atoms with Gasteiger partial charge in [-0.1, -0.05) is 17.7 Å². The average molecular weight is 382 g/mol. The number of aromatic nitrogens is 2. The van der Waals surface area contributed by atoms with Crippen molar-refractivity contribution < 1.29 is 9.47 Å². The monoisotopic (exact) mass is 381 g/mol. The first kappa shape index (κ1) is 16.5. The third-order valence-electron chi connectivity index (χ3n) is 5.24. The van der Waals surface area contributed by atoms with E-state index in [1.54, 1.807) is 0 Å². The van der Waals surface area contributed by atoms with Crippen molar-refractivity contribution in [2.24, 2.45) is 0 Å². The van der Waals surface area contributed by atoms with Crippen LogP contribution in [0.25, 0.3) is 16.9 Å². The number of hydrogen-bond donors (Lipinski definition) is 1. The Morgan fingerprint density at radius 1 is 1.11 bits per heavy atom. The highest BCUT2D eigenvalue weighted by Crippen LogP contribution is 2.40. The second kappa shape index (κ2) is 6.50. The second-order valence-electron chi connectivity index (χ2n) is 6.92. The second-order valence-corrected chi connectivity index (χ2v) is 7.33. The highest BCUT2D eigenvalue weighted by Gasteiger charge is 2.24. The van der Waals surface area contributed by atoms with Crippen LogP contribution in [-0.4, -0.2) is 23.1 Å². The smallest absolute Gasteiger partial charge is 0.231 e. The first-order chi connectivity index (χ1) is 13.2. The summed E-state index contributed by atoms with van der Waals surface area (Å²) in [7, 11) is 0. The molecule has 2 aromatic carbocycles. The van der Waals surface area contributed by atoms with E-state index in [1.165, 1.54) is 5.56 Å². The molecule has 0 amide bonds. The fraction of sp³-hybridized carbons (Fsp3) is 0.286. The maximum absolute atomic E-state index is 6.37. The van der Waals surface area contributed by atoms with Gasteiger partial charge in [0, 0.05) is 22.7 Å². The van der Waals surface area contributed by atoms with Crippen molar-refractivity contribution in [3.63, 3.8) is 0 Å². The van der Waals surface area contributed by atoms with Gasteiger partial charge < -0.3 is 14.8 Å². The molecule has 3 heterocycles. The van der Waals surface area contributed by atoms with E-state index in [4.69, 9.17) is 26.2 Å². The van der Waals surface area contributed by atoms with Gasteiger partial charge in [-0.3, -0.25) is 0 Å². The van der Waals surface area contributed by atoms with Crippen LogP contribution in [0.3, 0.4) is 0 Å². The number of fused-ring (bicyclic) bond motifs is 2. The Morgan fingerprint density at radius 2 is 2.00 bits per heavy atom. The van der Waals surface area contributed by atoms with Gasteiger partial charge in [-0.25, -0.2) is 4.68 Å². The van der Waals surface area contributed by atoms with E-state index in [2.05, 4.69) is 17.4 Å². The molecule has 0 saturated carbocycles. The van der Waals surface area contributed by atoms with Gasteiger partial charge in [-0.2, -0.15) is 5.10 Å². The minimum atomic E-state index is 0.272. The highest BCUT2D eigenvalue weighted by atomic mass is 35.5. The number of rotatable bonds is 2. The number of halogens is 1. The van der Waals surface area contributed by atoms with Crippen molar-refractivity contribution in [3.05, 3.63) is 52.5 Å². The first-order valence-electron chi connectivity index (χ1n) is 9.23. The topological polar surface area (TPSA) is 48.3 Å². The van der Waals surface area contributed by atoms with E-state index in [0.717, 1.165) is 70.7 Å². The normalized spacial score (nSPS) is 15.2. The van der Waals surface area contributed by atoms with Gasteiger partial charge in [-0.05, 0) is 62.1 Å². The Morgan fingerprint density at radius 3 is 2.93 bits per heavy atom. The largest absolute Gasteiger partial charge is 0.454 e. The van der Waals surface area contributed by atoms with Crippen LogP contribution >= 0.6 is 11.6 Å². The quantitative estimate of drug-likeness (QED) is 0.680. The summed E-state index contributed by atoms with van der Waals surface area (Å²) in [4.78, 5) is 0. The zero-order chi connectivity index (χ0) is 18.4. The van der Waals surface area contributed by atoms with E-state index in [0.29, 0.717) is 0 Å². The summed E-state index contributed by atoms with van der Waals surface area (Å²) in [6.45, 7) is 3.25. The Balaban J connectivity index is 1.71. The van der Waals surface area contributed by atoms with Crippen LogP contribution in [0.2, 0.25) is 5.02 Å². The molecule has 0 atom stereocenters. The Hall–Kier alpha value is -2.66. The predicted octanol–water partition coefficient (Wildman–Crippen LogP) is 4.98. The van der Waals surface area contributed by atoms with Crippen LogP contribution in [-0.2, 0) is 6.42 Å². The van der Waals surface area contributed by atoms with Crippen molar-refractivity contribution in [2.75, 3.05) is 18.7 Å².